The fourth-order valence-electron chi connectivity index (χ4n) is 3.89. The molecule has 2 fully saturated rings. The molecular formula is C20H31BClN3O5S. The number of rotatable bonds is 7. The molecule has 1 aromatic rings. The maximum absolute atomic E-state index is 12.7. The summed E-state index contributed by atoms with van der Waals surface area (Å²) in [5.41, 5.74) is -0.421. The fraction of sp³-hybridized carbons (Fsp3) is 0.750. The molecule has 0 radical (unpaired) electrons. The molecule has 0 bridgehead atoms. The average Bonchev–Trinajstić information content (AvgIpc) is 2.95. The number of halogens is 1. The Balaban J connectivity index is 1.59. The van der Waals surface area contributed by atoms with Crippen molar-refractivity contribution in [3.05, 3.63) is 12.4 Å². The zero-order chi connectivity index (χ0) is 22.9. The Morgan fingerprint density at radius 1 is 1.19 bits per heavy atom. The lowest BCUT2D eigenvalue weighted by molar-refractivity contribution is -0.132. The van der Waals surface area contributed by atoms with Gasteiger partial charge in [0.2, 0.25) is 20.9 Å². The normalized spacial score (nSPS) is 23.2. The zero-order valence-electron chi connectivity index (χ0n) is 18.6. The van der Waals surface area contributed by atoms with E-state index in [0.717, 1.165) is 19.3 Å². The molecule has 1 amide bonds. The molecule has 0 spiro atoms. The van der Waals surface area contributed by atoms with Crippen molar-refractivity contribution in [1.29, 1.82) is 0 Å². The highest BCUT2D eigenvalue weighted by molar-refractivity contribution is 7.91. The van der Waals surface area contributed by atoms with Crippen molar-refractivity contribution in [3.63, 3.8) is 0 Å². The lowest BCUT2D eigenvalue weighted by Gasteiger charge is -2.35. The van der Waals surface area contributed by atoms with Gasteiger partial charge < -0.3 is 14.2 Å². The number of piperidine rings is 1. The minimum absolute atomic E-state index is 0.0434. The van der Waals surface area contributed by atoms with Crippen LogP contribution in [0.2, 0.25) is 0 Å². The van der Waals surface area contributed by atoms with Gasteiger partial charge in [-0.05, 0) is 59.8 Å². The van der Waals surface area contributed by atoms with Crippen molar-refractivity contribution >= 4 is 39.9 Å². The summed E-state index contributed by atoms with van der Waals surface area (Å²) in [6.45, 7) is 8.47. The highest BCUT2D eigenvalue weighted by Crippen LogP contribution is 2.36. The summed E-state index contributed by atoms with van der Waals surface area (Å²) in [7, 11) is -4.26. The van der Waals surface area contributed by atoms with E-state index in [4.69, 9.17) is 20.9 Å². The van der Waals surface area contributed by atoms with Gasteiger partial charge in [0.15, 0.2) is 0 Å². The third-order valence-corrected chi connectivity index (χ3v) is 8.29. The van der Waals surface area contributed by atoms with Gasteiger partial charge in [-0.3, -0.25) is 4.79 Å². The Hall–Kier alpha value is -1.23. The quantitative estimate of drug-likeness (QED) is 0.340. The molecule has 2 aliphatic heterocycles. The molecule has 2 aliphatic rings. The van der Waals surface area contributed by atoms with Crippen molar-refractivity contribution in [2.75, 3.05) is 18.2 Å². The summed E-state index contributed by atoms with van der Waals surface area (Å²) < 4.78 is 37.3. The minimum Gasteiger partial charge on any atom is -0.399 e. The highest BCUT2D eigenvalue weighted by atomic mass is 35.5. The van der Waals surface area contributed by atoms with Gasteiger partial charge in [-0.25, -0.2) is 18.4 Å². The summed E-state index contributed by atoms with van der Waals surface area (Å²) in [6.07, 6.45) is 6.82. The van der Waals surface area contributed by atoms with Gasteiger partial charge >= 0.3 is 7.12 Å². The van der Waals surface area contributed by atoms with E-state index < -0.39 is 28.2 Å². The summed E-state index contributed by atoms with van der Waals surface area (Å²) in [5, 5.41) is -0.204. The molecule has 2 saturated heterocycles. The largest absolute Gasteiger partial charge is 0.498 e. The van der Waals surface area contributed by atoms with E-state index in [-0.39, 0.29) is 28.7 Å². The van der Waals surface area contributed by atoms with Crippen LogP contribution in [0.3, 0.4) is 0 Å². The SMILES string of the molecule is CC1(C)OB(c2cnc(S(=O)(=O)CCCC3CCCCN3C(=O)CCl)nc2)OC1(C)C. The number of amides is 1. The van der Waals surface area contributed by atoms with Crippen LogP contribution in [0.5, 0.6) is 0 Å². The number of carbonyl (C=O) groups excluding carboxylic acids is 1. The van der Waals surface area contributed by atoms with Gasteiger partial charge in [-0.2, -0.15) is 0 Å². The lowest BCUT2D eigenvalue weighted by atomic mass is 9.81. The van der Waals surface area contributed by atoms with E-state index in [0.29, 0.717) is 24.8 Å². The van der Waals surface area contributed by atoms with Crippen LogP contribution >= 0.6 is 11.6 Å². The third kappa shape index (κ3) is 5.41. The first-order valence-electron chi connectivity index (χ1n) is 10.7. The maximum Gasteiger partial charge on any atom is 0.498 e. The predicted octanol–water partition coefficient (Wildman–Crippen LogP) is 1.95. The van der Waals surface area contributed by atoms with Gasteiger partial charge in [0.05, 0.1) is 17.0 Å². The van der Waals surface area contributed by atoms with Crippen molar-refractivity contribution in [1.82, 2.24) is 14.9 Å². The number of hydrogen-bond donors (Lipinski definition) is 0. The predicted molar refractivity (Wildman–Crippen MR) is 119 cm³/mol. The number of aromatic nitrogens is 2. The first-order valence-corrected chi connectivity index (χ1v) is 12.9. The van der Waals surface area contributed by atoms with Crippen LogP contribution < -0.4 is 5.46 Å². The number of alkyl halides is 1. The van der Waals surface area contributed by atoms with Crippen molar-refractivity contribution in [2.24, 2.45) is 0 Å². The summed E-state index contributed by atoms with van der Waals surface area (Å²) >= 11 is 5.71. The van der Waals surface area contributed by atoms with Crippen LogP contribution in [-0.2, 0) is 23.9 Å². The van der Waals surface area contributed by atoms with Gasteiger partial charge in [0.25, 0.3) is 0 Å². The molecule has 0 N–H and O–H groups in total. The van der Waals surface area contributed by atoms with E-state index in [1.807, 2.05) is 27.7 Å². The molecule has 31 heavy (non-hydrogen) atoms. The molecule has 1 unspecified atom stereocenters. The Bertz CT molecular complexity index is 879. The Morgan fingerprint density at radius 2 is 1.81 bits per heavy atom. The zero-order valence-corrected chi connectivity index (χ0v) is 20.2. The monoisotopic (exact) mass is 471 g/mol. The Morgan fingerprint density at radius 3 is 2.39 bits per heavy atom. The van der Waals surface area contributed by atoms with Gasteiger partial charge in [0, 0.05) is 30.4 Å². The number of sulfone groups is 1. The molecule has 172 valence electrons. The van der Waals surface area contributed by atoms with Crippen LogP contribution in [0.4, 0.5) is 0 Å². The van der Waals surface area contributed by atoms with Crippen LogP contribution in [0, 0.1) is 0 Å². The summed E-state index contributed by atoms with van der Waals surface area (Å²) in [4.78, 5) is 21.9. The molecule has 0 aromatic carbocycles. The Kier molecular flexibility index (Phi) is 7.35. The number of likely N-dealkylation sites (tertiary alicyclic amines) is 1. The second-order valence-corrected chi connectivity index (χ2v) is 11.5. The summed E-state index contributed by atoms with van der Waals surface area (Å²) in [6, 6.07) is 0.0434. The molecule has 1 aromatic heterocycles. The van der Waals surface area contributed by atoms with Gasteiger partial charge in [-0.1, -0.05) is 0 Å². The average molecular weight is 472 g/mol. The first-order chi connectivity index (χ1) is 14.5. The van der Waals surface area contributed by atoms with Crippen LogP contribution in [0.15, 0.2) is 17.6 Å². The van der Waals surface area contributed by atoms with E-state index in [9.17, 15) is 13.2 Å². The van der Waals surface area contributed by atoms with Crippen molar-refractivity contribution in [3.8, 4) is 0 Å². The lowest BCUT2D eigenvalue weighted by Crippen LogP contribution is -2.44. The highest BCUT2D eigenvalue weighted by Gasteiger charge is 2.52. The van der Waals surface area contributed by atoms with Crippen LogP contribution in [0.1, 0.15) is 59.8 Å². The molecule has 3 heterocycles. The van der Waals surface area contributed by atoms with E-state index in [1.54, 1.807) is 4.90 Å². The van der Waals surface area contributed by atoms with Gasteiger partial charge in [-0.15, -0.1) is 11.6 Å². The number of nitrogens with zero attached hydrogens (tertiary/aromatic N) is 3. The van der Waals surface area contributed by atoms with Crippen molar-refractivity contribution < 1.29 is 22.5 Å². The van der Waals surface area contributed by atoms with E-state index in [2.05, 4.69) is 9.97 Å². The standard InChI is InChI=1S/C20H31BClN3O5S/c1-19(2)20(3,4)30-21(29-19)15-13-23-18(24-14-15)31(27,28)11-7-9-16-8-5-6-10-25(16)17(26)12-22/h13-14,16H,5-12H2,1-4H3. The summed E-state index contributed by atoms with van der Waals surface area (Å²) in [5.74, 6) is -0.198. The second kappa shape index (κ2) is 9.33. The molecule has 8 nitrogen and oxygen atoms in total. The minimum atomic E-state index is -3.62. The maximum atomic E-state index is 12.7. The van der Waals surface area contributed by atoms with Crippen LogP contribution in [0.25, 0.3) is 0 Å². The second-order valence-electron chi connectivity index (χ2n) is 9.22. The first kappa shape index (κ1) is 24.4. The van der Waals surface area contributed by atoms with Crippen molar-refractivity contribution in [2.45, 2.75) is 82.2 Å². The smallest absolute Gasteiger partial charge is 0.399 e. The van der Waals surface area contributed by atoms with Gasteiger partial charge in [0.1, 0.15) is 5.88 Å². The van der Waals surface area contributed by atoms with E-state index in [1.165, 1.54) is 12.4 Å². The molecule has 0 saturated carbocycles. The Labute approximate surface area is 190 Å². The number of carbonyl (C=O) groups is 1. The molecule has 1 atom stereocenters. The third-order valence-electron chi connectivity index (χ3n) is 6.46. The number of hydrogen-bond acceptors (Lipinski definition) is 7. The molecular weight excluding hydrogens is 441 g/mol. The fourth-order valence-corrected chi connectivity index (χ4v) is 5.20. The van der Waals surface area contributed by atoms with Crippen LogP contribution in [-0.4, -0.2) is 71.7 Å². The molecule has 3 rings (SSSR count). The topological polar surface area (TPSA) is 98.7 Å². The molecule has 11 heteroatoms. The van der Waals surface area contributed by atoms with E-state index >= 15 is 0 Å². The molecule has 0 aliphatic carbocycles.